The molecule has 0 saturated heterocycles. The van der Waals surface area contributed by atoms with E-state index in [2.05, 4.69) is 21.6 Å². The van der Waals surface area contributed by atoms with Gasteiger partial charge in [0.05, 0.1) is 5.16 Å². The van der Waals surface area contributed by atoms with Gasteiger partial charge in [0.25, 0.3) is 5.69 Å². The molecule has 74 valence electrons. The summed E-state index contributed by atoms with van der Waals surface area (Å²) in [5, 5.41) is 14.2. The van der Waals surface area contributed by atoms with Gasteiger partial charge in [-0.05, 0) is 34.6 Å². The third kappa shape index (κ3) is 2.09. The van der Waals surface area contributed by atoms with Crippen molar-refractivity contribution in [3.8, 4) is 11.8 Å². The lowest BCUT2D eigenvalue weighted by atomic mass is 10.2. The molecule has 2 aromatic rings. The van der Waals surface area contributed by atoms with Gasteiger partial charge in [-0.2, -0.15) is 0 Å². The monoisotopic (exact) mass is 220 g/mol. The third-order valence-corrected chi connectivity index (χ3v) is 1.92. The summed E-state index contributed by atoms with van der Waals surface area (Å²) in [5.74, 6) is 5.36. The predicted octanol–water partition coefficient (Wildman–Crippen LogP) is 1.36. The number of nitrogens with zero attached hydrogens (tertiary/aromatic N) is 2. The molecule has 0 fully saturated rings. The lowest BCUT2D eigenvalue weighted by Crippen LogP contribution is -2.26. The molecule has 0 saturated carbocycles. The Morgan fingerprint density at radius 1 is 1.27 bits per heavy atom. The zero-order valence-electron chi connectivity index (χ0n) is 7.48. The van der Waals surface area contributed by atoms with Crippen LogP contribution in [0, 0.1) is 17.0 Å². The van der Waals surface area contributed by atoms with Crippen LogP contribution in [-0.4, -0.2) is 5.16 Å². The van der Waals surface area contributed by atoms with Gasteiger partial charge in [0.15, 0.2) is 0 Å². The second-order valence-corrected chi connectivity index (χ2v) is 3.04. The first-order valence-electron chi connectivity index (χ1n) is 4.09. The van der Waals surface area contributed by atoms with Crippen LogP contribution in [0.5, 0.6) is 0 Å². The maximum Gasteiger partial charge on any atom is 0.324 e. The summed E-state index contributed by atoms with van der Waals surface area (Å²) in [6, 6.07) is 9.23. The fourth-order valence-electron chi connectivity index (χ4n) is 0.982. The summed E-state index contributed by atoms with van der Waals surface area (Å²) in [5.41, 5.74) is 0.801. The Labute approximate surface area is 90.6 Å². The van der Waals surface area contributed by atoms with Gasteiger partial charge in [0.2, 0.25) is 0 Å². The number of aromatic nitrogens is 2. The van der Waals surface area contributed by atoms with Crippen LogP contribution in [0.25, 0.3) is 0 Å². The first-order chi connectivity index (χ1) is 7.27. The topological polar surface area (TPSA) is 53.0 Å². The molecule has 1 aromatic carbocycles. The number of rotatable bonds is 0. The molecule has 0 aliphatic heterocycles. The lowest BCUT2D eigenvalue weighted by molar-refractivity contribution is -0.804. The maximum atomic E-state index is 11.0. The molecule has 0 aliphatic rings. The molecule has 15 heavy (non-hydrogen) atoms. The quantitative estimate of drug-likeness (QED) is 0.498. The van der Waals surface area contributed by atoms with Crippen molar-refractivity contribution in [1.82, 2.24) is 5.16 Å². The van der Waals surface area contributed by atoms with Crippen LogP contribution >= 0.6 is 11.6 Å². The van der Waals surface area contributed by atoms with E-state index in [1.165, 1.54) is 0 Å². The minimum Gasteiger partial charge on any atom is -0.358 e. The smallest absolute Gasteiger partial charge is 0.324 e. The van der Waals surface area contributed by atoms with Crippen molar-refractivity contribution in [2.45, 2.75) is 0 Å². The fraction of sp³-hybridized carbons (Fsp3) is 0. The van der Waals surface area contributed by atoms with Crippen LogP contribution in [0.15, 0.2) is 35.0 Å². The summed E-state index contributed by atoms with van der Waals surface area (Å²) in [7, 11) is 0. The minimum atomic E-state index is -0.0339. The highest BCUT2D eigenvalue weighted by atomic mass is 35.5. The average Bonchev–Trinajstić information content (AvgIpc) is 2.58. The zero-order valence-corrected chi connectivity index (χ0v) is 8.23. The number of benzene rings is 1. The van der Waals surface area contributed by atoms with Crippen molar-refractivity contribution in [3.05, 3.63) is 51.9 Å². The van der Waals surface area contributed by atoms with Crippen LogP contribution in [0.3, 0.4) is 0 Å². The summed E-state index contributed by atoms with van der Waals surface area (Å²) >= 11 is 5.58. The number of hydrogen-bond donors (Lipinski definition) is 0. The summed E-state index contributed by atoms with van der Waals surface area (Å²) in [6.45, 7) is 0. The first kappa shape index (κ1) is 9.56. The molecule has 2 rings (SSSR count). The minimum absolute atomic E-state index is 0.0144. The Morgan fingerprint density at radius 2 is 2.00 bits per heavy atom. The van der Waals surface area contributed by atoms with Crippen molar-refractivity contribution < 1.29 is 9.53 Å². The highest BCUT2D eigenvalue weighted by molar-refractivity contribution is 6.30. The molecule has 0 amide bonds. The summed E-state index contributed by atoms with van der Waals surface area (Å²) < 4.78 is 4.26. The highest BCUT2D eigenvalue weighted by Gasteiger charge is 2.13. The predicted molar refractivity (Wildman–Crippen MR) is 52.9 cm³/mol. The standard InChI is InChI=1S/C10H5ClN2O2/c11-10-9(13(14)15-12-10)7-6-8-4-2-1-3-5-8/h1-5H. The molecule has 0 unspecified atom stereocenters. The SMILES string of the molecule is [O-][n+]1onc(Cl)c1C#Cc1ccccc1. The molecule has 0 aliphatic carbocycles. The molecule has 0 atom stereocenters. The average molecular weight is 221 g/mol. The third-order valence-electron chi connectivity index (χ3n) is 1.67. The highest BCUT2D eigenvalue weighted by Crippen LogP contribution is 2.06. The van der Waals surface area contributed by atoms with Crippen molar-refractivity contribution in [3.63, 3.8) is 0 Å². The molecule has 1 heterocycles. The van der Waals surface area contributed by atoms with Gasteiger partial charge in [-0.1, -0.05) is 24.1 Å². The molecule has 0 spiro atoms. The first-order valence-corrected chi connectivity index (χ1v) is 4.47. The molecular weight excluding hydrogens is 216 g/mol. The molecule has 1 aromatic heterocycles. The van der Waals surface area contributed by atoms with E-state index in [-0.39, 0.29) is 15.8 Å². The van der Waals surface area contributed by atoms with E-state index in [0.717, 1.165) is 5.56 Å². The van der Waals surface area contributed by atoms with Crippen LogP contribution < -0.4 is 4.90 Å². The molecule has 0 radical (unpaired) electrons. The normalized spacial score (nSPS) is 9.40. The largest absolute Gasteiger partial charge is 0.358 e. The summed E-state index contributed by atoms with van der Waals surface area (Å²) in [6.07, 6.45) is 0. The van der Waals surface area contributed by atoms with Crippen LogP contribution in [0.2, 0.25) is 5.15 Å². The molecule has 0 bridgehead atoms. The van der Waals surface area contributed by atoms with Gasteiger partial charge >= 0.3 is 5.15 Å². The van der Waals surface area contributed by atoms with Crippen molar-refractivity contribution in [2.24, 2.45) is 0 Å². The van der Waals surface area contributed by atoms with Crippen LogP contribution in [0.1, 0.15) is 11.3 Å². The lowest BCUT2D eigenvalue weighted by Gasteiger charge is -1.86. The van der Waals surface area contributed by atoms with Crippen molar-refractivity contribution in [2.75, 3.05) is 0 Å². The summed E-state index contributed by atoms with van der Waals surface area (Å²) in [4.78, 5) is 0.179. The molecule has 0 N–H and O–H groups in total. The van der Waals surface area contributed by atoms with Gasteiger partial charge in [0.1, 0.15) is 0 Å². The van der Waals surface area contributed by atoms with Gasteiger partial charge in [-0.25, -0.2) is 0 Å². The Bertz CT molecular complexity index is 506. The van der Waals surface area contributed by atoms with E-state index in [1.807, 2.05) is 30.3 Å². The molecule has 5 heteroatoms. The van der Waals surface area contributed by atoms with Crippen molar-refractivity contribution >= 4 is 11.6 Å². The second kappa shape index (κ2) is 4.03. The Kier molecular flexibility index (Phi) is 2.57. The van der Waals surface area contributed by atoms with Gasteiger partial charge in [-0.3, -0.25) is 4.63 Å². The van der Waals surface area contributed by atoms with Gasteiger partial charge in [0, 0.05) is 5.56 Å². The Hall–Kier alpha value is -1.99. The van der Waals surface area contributed by atoms with Gasteiger partial charge < -0.3 is 5.21 Å². The van der Waals surface area contributed by atoms with E-state index >= 15 is 0 Å². The van der Waals surface area contributed by atoms with Gasteiger partial charge in [-0.15, -0.1) is 0 Å². The fourth-order valence-corrected chi connectivity index (χ4v) is 1.13. The van der Waals surface area contributed by atoms with E-state index in [4.69, 9.17) is 11.6 Å². The maximum absolute atomic E-state index is 11.0. The van der Waals surface area contributed by atoms with Crippen LogP contribution in [-0.2, 0) is 0 Å². The molecular formula is C10H5ClN2O2. The Morgan fingerprint density at radius 3 is 2.60 bits per heavy atom. The number of hydrogen-bond acceptors (Lipinski definition) is 3. The van der Waals surface area contributed by atoms with E-state index < -0.39 is 0 Å². The molecule has 4 nitrogen and oxygen atoms in total. The van der Waals surface area contributed by atoms with E-state index in [0.29, 0.717) is 0 Å². The number of halogens is 1. The van der Waals surface area contributed by atoms with E-state index in [9.17, 15) is 5.21 Å². The zero-order chi connectivity index (χ0) is 10.7. The second-order valence-electron chi connectivity index (χ2n) is 2.69. The Balaban J connectivity index is 2.34. The van der Waals surface area contributed by atoms with E-state index in [1.54, 1.807) is 0 Å². The van der Waals surface area contributed by atoms with Crippen molar-refractivity contribution in [1.29, 1.82) is 0 Å². The van der Waals surface area contributed by atoms with Crippen LogP contribution in [0.4, 0.5) is 0 Å².